The smallest absolute Gasteiger partial charge is 0.228 e. The fourth-order valence-electron chi connectivity index (χ4n) is 1.68. The van der Waals surface area contributed by atoms with Crippen LogP contribution in [0.2, 0.25) is 5.02 Å². The second kappa shape index (κ2) is 7.94. The number of rotatable bonds is 6. The molecular formula is C15H13BrClN3O3. The minimum Gasteiger partial charge on any atom is -0.480 e. The summed E-state index contributed by atoms with van der Waals surface area (Å²) in [5.74, 6) is 0.101. The number of carbonyl (C=O) groups is 1. The Labute approximate surface area is 146 Å². The fourth-order valence-corrected chi connectivity index (χ4v) is 2.31. The highest BCUT2D eigenvalue weighted by Crippen LogP contribution is 2.21. The molecular weight excluding hydrogens is 386 g/mol. The van der Waals surface area contributed by atoms with Gasteiger partial charge in [-0.1, -0.05) is 28.9 Å². The SMILES string of the molecule is COc1nc(/C(N)=N/OCC(=O)c2ccccc2Cl)ccc1Br. The van der Waals surface area contributed by atoms with E-state index in [0.717, 1.165) is 0 Å². The zero-order valence-electron chi connectivity index (χ0n) is 12.1. The lowest BCUT2D eigenvalue weighted by atomic mass is 10.1. The van der Waals surface area contributed by atoms with Crippen LogP contribution in [0.3, 0.4) is 0 Å². The molecule has 0 aliphatic rings. The van der Waals surface area contributed by atoms with Crippen molar-refractivity contribution in [2.45, 2.75) is 0 Å². The number of amidine groups is 1. The number of nitrogens with zero attached hydrogens (tertiary/aromatic N) is 2. The summed E-state index contributed by atoms with van der Waals surface area (Å²) in [7, 11) is 1.49. The molecule has 2 rings (SSSR count). The van der Waals surface area contributed by atoms with Crippen LogP contribution in [0.25, 0.3) is 0 Å². The molecule has 2 aromatic rings. The van der Waals surface area contributed by atoms with Gasteiger partial charge in [0, 0.05) is 5.56 Å². The van der Waals surface area contributed by atoms with Gasteiger partial charge in [-0.05, 0) is 40.2 Å². The Morgan fingerprint density at radius 3 is 2.78 bits per heavy atom. The molecule has 0 fully saturated rings. The second-order valence-corrected chi connectivity index (χ2v) is 5.60. The van der Waals surface area contributed by atoms with Gasteiger partial charge in [0.25, 0.3) is 0 Å². The summed E-state index contributed by atoms with van der Waals surface area (Å²) in [6, 6.07) is 10.1. The van der Waals surface area contributed by atoms with E-state index in [2.05, 4.69) is 26.1 Å². The number of Topliss-reactive ketones (excluding diaryl/α,β-unsaturated/α-hetero) is 1. The predicted octanol–water partition coefficient (Wildman–Crippen LogP) is 3.03. The molecule has 6 nitrogen and oxygen atoms in total. The van der Waals surface area contributed by atoms with Crippen LogP contribution in [-0.4, -0.2) is 30.3 Å². The Morgan fingerprint density at radius 2 is 2.09 bits per heavy atom. The number of carbonyl (C=O) groups excluding carboxylic acids is 1. The van der Waals surface area contributed by atoms with E-state index in [1.165, 1.54) is 7.11 Å². The normalized spacial score (nSPS) is 11.2. The van der Waals surface area contributed by atoms with Crippen molar-refractivity contribution in [1.82, 2.24) is 4.98 Å². The molecule has 2 N–H and O–H groups in total. The van der Waals surface area contributed by atoms with Gasteiger partial charge in [0.15, 0.2) is 12.4 Å². The third-order valence-electron chi connectivity index (χ3n) is 2.80. The van der Waals surface area contributed by atoms with Gasteiger partial charge in [-0.15, -0.1) is 0 Å². The van der Waals surface area contributed by atoms with Crippen LogP contribution < -0.4 is 10.5 Å². The fraction of sp³-hybridized carbons (Fsp3) is 0.133. The summed E-state index contributed by atoms with van der Waals surface area (Å²) in [5.41, 5.74) is 6.52. The number of hydrogen-bond acceptors (Lipinski definition) is 5. The molecule has 0 bridgehead atoms. The molecule has 0 amide bonds. The molecule has 0 saturated carbocycles. The highest BCUT2D eigenvalue weighted by Gasteiger charge is 2.11. The first-order valence-corrected chi connectivity index (χ1v) is 7.64. The molecule has 23 heavy (non-hydrogen) atoms. The molecule has 0 saturated heterocycles. The Bertz CT molecular complexity index is 752. The number of aromatic nitrogens is 1. The minimum absolute atomic E-state index is 0.0303. The summed E-state index contributed by atoms with van der Waals surface area (Å²) < 4.78 is 5.76. The van der Waals surface area contributed by atoms with Crippen molar-refractivity contribution >= 4 is 39.1 Å². The van der Waals surface area contributed by atoms with Crippen LogP contribution in [0.15, 0.2) is 46.0 Å². The van der Waals surface area contributed by atoms with Gasteiger partial charge in [-0.25, -0.2) is 4.98 Å². The molecule has 1 aromatic heterocycles. The molecule has 120 valence electrons. The molecule has 0 spiro atoms. The van der Waals surface area contributed by atoms with Gasteiger partial charge in [-0.2, -0.15) is 0 Å². The lowest BCUT2D eigenvalue weighted by Gasteiger charge is -2.05. The van der Waals surface area contributed by atoms with Gasteiger partial charge in [-0.3, -0.25) is 4.79 Å². The van der Waals surface area contributed by atoms with Crippen LogP contribution in [-0.2, 0) is 4.84 Å². The Hall–Kier alpha value is -2.12. The molecule has 8 heteroatoms. The first-order valence-electron chi connectivity index (χ1n) is 6.47. The van der Waals surface area contributed by atoms with Crippen molar-refractivity contribution in [3.8, 4) is 5.88 Å². The number of oxime groups is 1. The Kier molecular flexibility index (Phi) is 5.95. The van der Waals surface area contributed by atoms with E-state index < -0.39 is 0 Å². The number of benzene rings is 1. The Morgan fingerprint density at radius 1 is 1.35 bits per heavy atom. The number of nitrogens with two attached hydrogens (primary N) is 1. The van der Waals surface area contributed by atoms with Gasteiger partial charge in [0.2, 0.25) is 11.7 Å². The number of halogens is 2. The molecule has 1 aromatic carbocycles. The van der Waals surface area contributed by atoms with Crippen molar-refractivity contribution in [3.05, 3.63) is 57.2 Å². The third-order valence-corrected chi connectivity index (χ3v) is 3.74. The van der Waals surface area contributed by atoms with E-state index in [9.17, 15) is 4.79 Å². The second-order valence-electron chi connectivity index (χ2n) is 4.34. The van der Waals surface area contributed by atoms with Crippen molar-refractivity contribution in [3.63, 3.8) is 0 Å². The Balaban J connectivity index is 2.03. The maximum Gasteiger partial charge on any atom is 0.228 e. The summed E-state index contributed by atoms with van der Waals surface area (Å²) in [4.78, 5) is 21.1. The molecule has 0 radical (unpaired) electrons. The van der Waals surface area contributed by atoms with Crippen LogP contribution in [0.5, 0.6) is 5.88 Å². The zero-order valence-corrected chi connectivity index (χ0v) is 14.5. The summed E-state index contributed by atoms with van der Waals surface area (Å²) in [5, 5.41) is 4.05. The largest absolute Gasteiger partial charge is 0.480 e. The lowest BCUT2D eigenvalue weighted by molar-refractivity contribution is 0.0775. The van der Waals surface area contributed by atoms with E-state index >= 15 is 0 Å². The molecule has 0 unspecified atom stereocenters. The van der Waals surface area contributed by atoms with Crippen molar-refractivity contribution in [2.75, 3.05) is 13.7 Å². The summed E-state index contributed by atoms with van der Waals surface area (Å²) >= 11 is 9.23. The van der Waals surface area contributed by atoms with E-state index in [-0.39, 0.29) is 18.2 Å². The average molecular weight is 399 g/mol. The lowest BCUT2D eigenvalue weighted by Crippen LogP contribution is -2.17. The maximum atomic E-state index is 12.0. The molecule has 0 atom stereocenters. The highest BCUT2D eigenvalue weighted by molar-refractivity contribution is 9.10. The average Bonchev–Trinajstić information content (AvgIpc) is 2.55. The number of methoxy groups -OCH3 is 1. The molecule has 0 aliphatic heterocycles. The zero-order chi connectivity index (χ0) is 16.8. The van der Waals surface area contributed by atoms with E-state index in [1.54, 1.807) is 36.4 Å². The first kappa shape index (κ1) is 17.2. The van der Waals surface area contributed by atoms with Crippen LogP contribution in [0, 0.1) is 0 Å². The number of ketones is 1. The van der Waals surface area contributed by atoms with E-state index in [1.807, 2.05) is 0 Å². The monoisotopic (exact) mass is 397 g/mol. The molecule has 1 heterocycles. The first-order chi connectivity index (χ1) is 11.0. The highest BCUT2D eigenvalue weighted by atomic mass is 79.9. The van der Waals surface area contributed by atoms with E-state index in [4.69, 9.17) is 26.9 Å². The molecule has 0 aliphatic carbocycles. The topological polar surface area (TPSA) is 86.8 Å². The van der Waals surface area contributed by atoms with Crippen molar-refractivity contribution in [1.29, 1.82) is 0 Å². The number of pyridine rings is 1. The quantitative estimate of drug-likeness (QED) is 0.350. The maximum absolute atomic E-state index is 12.0. The number of hydrogen-bond donors (Lipinski definition) is 1. The summed E-state index contributed by atoms with van der Waals surface area (Å²) in [6.07, 6.45) is 0. The van der Waals surface area contributed by atoms with Gasteiger partial charge < -0.3 is 15.3 Å². The van der Waals surface area contributed by atoms with Gasteiger partial charge in [0.1, 0.15) is 5.69 Å². The van der Waals surface area contributed by atoms with Crippen LogP contribution in [0.1, 0.15) is 16.1 Å². The van der Waals surface area contributed by atoms with E-state index in [0.29, 0.717) is 26.6 Å². The van der Waals surface area contributed by atoms with Crippen LogP contribution >= 0.6 is 27.5 Å². The predicted molar refractivity (Wildman–Crippen MR) is 90.9 cm³/mol. The van der Waals surface area contributed by atoms with Gasteiger partial charge in [0.05, 0.1) is 16.6 Å². The van der Waals surface area contributed by atoms with Crippen molar-refractivity contribution in [2.24, 2.45) is 10.9 Å². The standard InChI is InChI=1S/C15H13BrClN3O3/c1-22-15-10(16)6-7-12(19-15)14(18)20-23-8-13(21)9-4-2-3-5-11(9)17/h2-7H,8H2,1H3,(H2,18,20). The minimum atomic E-state index is -0.298. The number of ether oxygens (including phenoxy) is 1. The third kappa shape index (κ3) is 4.43. The van der Waals surface area contributed by atoms with Gasteiger partial charge >= 0.3 is 0 Å². The van der Waals surface area contributed by atoms with Crippen LogP contribution in [0.4, 0.5) is 0 Å². The summed E-state index contributed by atoms with van der Waals surface area (Å²) in [6.45, 7) is -0.280. The van der Waals surface area contributed by atoms with Crippen molar-refractivity contribution < 1.29 is 14.4 Å².